The van der Waals surface area contributed by atoms with Crippen LogP contribution in [-0.4, -0.2) is 20.1 Å². The lowest BCUT2D eigenvalue weighted by atomic mass is 9.83. The Bertz CT molecular complexity index is 750. The summed E-state index contributed by atoms with van der Waals surface area (Å²) in [5.74, 6) is 1.88. The molecule has 1 amide bonds. The highest BCUT2D eigenvalue weighted by atomic mass is 16.5. The first-order chi connectivity index (χ1) is 11.5. The highest BCUT2D eigenvalue weighted by Gasteiger charge is 2.30. The van der Waals surface area contributed by atoms with E-state index >= 15 is 0 Å². The predicted molar refractivity (Wildman–Crippen MR) is 95.2 cm³/mol. The van der Waals surface area contributed by atoms with Crippen molar-refractivity contribution in [3.63, 3.8) is 0 Å². The summed E-state index contributed by atoms with van der Waals surface area (Å²) >= 11 is 0. The Kier molecular flexibility index (Phi) is 4.47. The minimum atomic E-state index is -0.0178. The Morgan fingerprint density at radius 1 is 1.08 bits per heavy atom. The van der Waals surface area contributed by atoms with Crippen molar-refractivity contribution in [3.05, 3.63) is 53.1 Å². The van der Waals surface area contributed by atoms with Crippen LogP contribution in [0, 0.1) is 0 Å². The van der Waals surface area contributed by atoms with E-state index in [-0.39, 0.29) is 11.8 Å². The number of ether oxygens (including phenoxy) is 2. The molecule has 2 aromatic rings. The zero-order valence-electron chi connectivity index (χ0n) is 14.6. The normalized spacial score (nSPS) is 16.5. The van der Waals surface area contributed by atoms with Gasteiger partial charge in [0.1, 0.15) is 11.5 Å². The number of amides is 1. The summed E-state index contributed by atoms with van der Waals surface area (Å²) in [7, 11) is 3.25. The van der Waals surface area contributed by atoms with E-state index in [0.29, 0.717) is 18.1 Å². The van der Waals surface area contributed by atoms with Gasteiger partial charge in [-0.3, -0.25) is 4.79 Å². The highest BCUT2D eigenvalue weighted by Crippen LogP contribution is 2.44. The molecule has 0 aliphatic carbocycles. The molecule has 0 aromatic heterocycles. The van der Waals surface area contributed by atoms with E-state index in [9.17, 15) is 4.79 Å². The van der Waals surface area contributed by atoms with Crippen LogP contribution >= 0.6 is 0 Å². The summed E-state index contributed by atoms with van der Waals surface area (Å²) in [6.07, 6.45) is 0.413. The van der Waals surface area contributed by atoms with Gasteiger partial charge in [-0.05, 0) is 17.0 Å². The molecule has 0 fully saturated rings. The van der Waals surface area contributed by atoms with E-state index in [1.54, 1.807) is 14.2 Å². The fraction of sp³-hybridized carbons (Fsp3) is 0.350. The van der Waals surface area contributed by atoms with E-state index in [0.717, 1.165) is 22.6 Å². The molecule has 2 aromatic carbocycles. The van der Waals surface area contributed by atoms with E-state index in [1.165, 1.54) is 5.56 Å². The molecule has 1 aliphatic heterocycles. The van der Waals surface area contributed by atoms with Gasteiger partial charge < -0.3 is 14.8 Å². The number of hydrogen-bond acceptors (Lipinski definition) is 3. The summed E-state index contributed by atoms with van der Waals surface area (Å²) < 4.78 is 10.9. The van der Waals surface area contributed by atoms with Crippen molar-refractivity contribution in [1.29, 1.82) is 0 Å². The number of anilines is 1. The molecule has 0 unspecified atom stereocenters. The van der Waals surface area contributed by atoms with Gasteiger partial charge in [0.2, 0.25) is 5.91 Å². The van der Waals surface area contributed by atoms with Gasteiger partial charge in [-0.25, -0.2) is 0 Å². The molecule has 0 bridgehead atoms. The van der Waals surface area contributed by atoms with Gasteiger partial charge in [0.15, 0.2) is 0 Å². The molecule has 0 radical (unpaired) electrons. The van der Waals surface area contributed by atoms with Gasteiger partial charge in [0.05, 0.1) is 19.9 Å². The maximum Gasteiger partial charge on any atom is 0.225 e. The smallest absolute Gasteiger partial charge is 0.225 e. The molecular formula is C20H23NO3. The minimum absolute atomic E-state index is 0.00995. The van der Waals surface area contributed by atoms with Crippen molar-refractivity contribution >= 4 is 11.6 Å². The van der Waals surface area contributed by atoms with E-state index < -0.39 is 0 Å². The number of carbonyl (C=O) groups is 1. The molecule has 24 heavy (non-hydrogen) atoms. The third-order valence-corrected chi connectivity index (χ3v) is 4.59. The first-order valence-electron chi connectivity index (χ1n) is 8.19. The molecule has 4 heteroatoms. The molecule has 0 saturated heterocycles. The lowest BCUT2D eigenvalue weighted by Crippen LogP contribution is -2.24. The van der Waals surface area contributed by atoms with Crippen molar-refractivity contribution in [2.24, 2.45) is 0 Å². The molecule has 1 aliphatic rings. The van der Waals surface area contributed by atoms with Crippen molar-refractivity contribution in [2.75, 3.05) is 19.5 Å². The van der Waals surface area contributed by atoms with Crippen LogP contribution < -0.4 is 14.8 Å². The SMILES string of the molecule is COc1cc2c(c(OC)c1)[C@H](c1ccc(C(C)C)cc1)CC(=O)N2. The van der Waals surface area contributed by atoms with Gasteiger partial charge in [0.25, 0.3) is 0 Å². The number of methoxy groups -OCH3 is 2. The van der Waals surface area contributed by atoms with Crippen LogP contribution in [0.1, 0.15) is 48.8 Å². The molecule has 126 valence electrons. The average Bonchev–Trinajstić information content (AvgIpc) is 2.59. The molecule has 1 heterocycles. The summed E-state index contributed by atoms with van der Waals surface area (Å²) in [5.41, 5.74) is 4.19. The third kappa shape index (κ3) is 2.96. The Balaban J connectivity index is 2.09. The first-order valence-corrected chi connectivity index (χ1v) is 8.19. The first kappa shape index (κ1) is 16.4. The minimum Gasteiger partial charge on any atom is -0.497 e. The van der Waals surface area contributed by atoms with Crippen molar-refractivity contribution < 1.29 is 14.3 Å². The fourth-order valence-electron chi connectivity index (χ4n) is 3.24. The van der Waals surface area contributed by atoms with Crippen LogP contribution in [-0.2, 0) is 4.79 Å². The standard InChI is InChI=1S/C20H23NO3/c1-12(2)13-5-7-14(8-6-13)16-11-19(22)21-17-9-15(23-3)10-18(24-4)20(16)17/h5-10,12,16H,11H2,1-4H3,(H,21,22)/t16-/m0/s1. The molecule has 1 atom stereocenters. The number of carbonyl (C=O) groups excluding carboxylic acids is 1. The van der Waals surface area contributed by atoms with Crippen molar-refractivity contribution in [2.45, 2.75) is 32.1 Å². The zero-order valence-corrected chi connectivity index (χ0v) is 14.6. The summed E-state index contributed by atoms with van der Waals surface area (Å²) in [6.45, 7) is 4.35. The van der Waals surface area contributed by atoms with Crippen LogP contribution in [0.5, 0.6) is 11.5 Å². The second kappa shape index (κ2) is 6.56. The van der Waals surface area contributed by atoms with E-state index in [2.05, 4.69) is 43.4 Å². The quantitative estimate of drug-likeness (QED) is 0.911. The summed E-state index contributed by atoms with van der Waals surface area (Å²) in [4.78, 5) is 12.2. The Labute approximate surface area is 142 Å². The van der Waals surface area contributed by atoms with Crippen LogP contribution in [0.3, 0.4) is 0 Å². The largest absolute Gasteiger partial charge is 0.497 e. The average molecular weight is 325 g/mol. The molecule has 3 rings (SSSR count). The molecule has 4 nitrogen and oxygen atoms in total. The zero-order chi connectivity index (χ0) is 17.3. The Hall–Kier alpha value is -2.49. The number of fused-ring (bicyclic) bond motifs is 1. The lowest BCUT2D eigenvalue weighted by Gasteiger charge is -2.28. The Morgan fingerprint density at radius 3 is 2.38 bits per heavy atom. The number of benzene rings is 2. The second-order valence-corrected chi connectivity index (χ2v) is 6.42. The van der Waals surface area contributed by atoms with E-state index in [1.807, 2.05) is 12.1 Å². The summed E-state index contributed by atoms with van der Waals surface area (Å²) in [5, 5.41) is 2.94. The monoisotopic (exact) mass is 325 g/mol. The van der Waals surface area contributed by atoms with Crippen LogP contribution in [0.25, 0.3) is 0 Å². The molecule has 1 N–H and O–H groups in total. The van der Waals surface area contributed by atoms with Crippen LogP contribution in [0.4, 0.5) is 5.69 Å². The third-order valence-electron chi connectivity index (χ3n) is 4.59. The number of nitrogens with one attached hydrogen (secondary N) is 1. The molecule has 0 spiro atoms. The highest BCUT2D eigenvalue weighted by molar-refractivity contribution is 5.96. The fourth-order valence-corrected chi connectivity index (χ4v) is 3.24. The number of hydrogen-bond donors (Lipinski definition) is 1. The van der Waals surface area contributed by atoms with Crippen molar-refractivity contribution in [1.82, 2.24) is 0 Å². The van der Waals surface area contributed by atoms with Gasteiger partial charge in [-0.2, -0.15) is 0 Å². The van der Waals surface area contributed by atoms with Gasteiger partial charge in [0, 0.05) is 30.0 Å². The molecular weight excluding hydrogens is 302 g/mol. The number of rotatable bonds is 4. The maximum absolute atomic E-state index is 12.2. The van der Waals surface area contributed by atoms with Crippen molar-refractivity contribution in [3.8, 4) is 11.5 Å². The van der Waals surface area contributed by atoms with Crippen LogP contribution in [0.15, 0.2) is 36.4 Å². The van der Waals surface area contributed by atoms with Gasteiger partial charge >= 0.3 is 0 Å². The van der Waals surface area contributed by atoms with Gasteiger partial charge in [-0.15, -0.1) is 0 Å². The predicted octanol–water partition coefficient (Wildman–Crippen LogP) is 4.30. The van der Waals surface area contributed by atoms with Gasteiger partial charge in [-0.1, -0.05) is 38.1 Å². The second-order valence-electron chi connectivity index (χ2n) is 6.42. The maximum atomic E-state index is 12.2. The topological polar surface area (TPSA) is 47.6 Å². The van der Waals surface area contributed by atoms with Crippen LogP contribution in [0.2, 0.25) is 0 Å². The van der Waals surface area contributed by atoms with E-state index in [4.69, 9.17) is 9.47 Å². The summed E-state index contributed by atoms with van der Waals surface area (Å²) in [6, 6.07) is 12.2. The Morgan fingerprint density at radius 2 is 1.79 bits per heavy atom. The lowest BCUT2D eigenvalue weighted by molar-refractivity contribution is -0.116. The molecule has 0 saturated carbocycles.